The average Bonchev–Trinajstić information content (AvgIpc) is 3.74. The quantitative estimate of drug-likeness (QED) is 0.181. The maximum absolute atomic E-state index is 13.6. The average molecular weight is 624 g/mol. The largest absolute Gasteiger partial charge is 0.366 e. The highest BCUT2D eigenvalue weighted by Gasteiger charge is 2.33. The van der Waals surface area contributed by atoms with Gasteiger partial charge in [-0.1, -0.05) is 55.4 Å². The fourth-order valence-corrected chi connectivity index (χ4v) is 7.45. The molecule has 2 aromatic carbocycles. The van der Waals surface area contributed by atoms with Gasteiger partial charge in [-0.15, -0.1) is 11.3 Å². The van der Waals surface area contributed by atoms with Gasteiger partial charge in [0, 0.05) is 16.4 Å². The van der Waals surface area contributed by atoms with Crippen molar-refractivity contribution in [1.82, 2.24) is 15.1 Å². The van der Waals surface area contributed by atoms with E-state index in [-0.39, 0.29) is 29.1 Å². The van der Waals surface area contributed by atoms with Crippen LogP contribution in [0.2, 0.25) is 0 Å². The molecule has 4 N–H and O–H groups in total. The predicted molar refractivity (Wildman–Crippen MR) is 172 cm³/mol. The molecule has 0 fully saturated rings. The molecular weight excluding hydrogens is 589 g/mol. The van der Waals surface area contributed by atoms with Crippen molar-refractivity contribution in [2.45, 2.75) is 58.8 Å². The summed E-state index contributed by atoms with van der Waals surface area (Å²) < 4.78 is 19.4. The molecule has 0 saturated heterocycles. The van der Waals surface area contributed by atoms with E-state index in [9.17, 15) is 14.0 Å². The molecule has 1 aliphatic rings. The third-order valence-electron chi connectivity index (χ3n) is 8.24. The molecule has 0 unspecified atom stereocenters. The number of nitrogens with zero attached hydrogens (tertiary/aromatic N) is 3. The highest BCUT2D eigenvalue weighted by atomic mass is 32.1. The zero-order valence-electron chi connectivity index (χ0n) is 25.4. The first-order chi connectivity index (χ1) is 21.6. The molecule has 0 aliphatic heterocycles. The Balaban J connectivity index is 1.61. The lowest BCUT2D eigenvalue weighted by molar-refractivity contribution is 0.0992. The number of halogens is 1. The van der Waals surface area contributed by atoms with Crippen LogP contribution in [0.25, 0.3) is 21.9 Å². The minimum absolute atomic E-state index is 0.0188. The zero-order valence-corrected chi connectivity index (χ0v) is 26.2. The van der Waals surface area contributed by atoms with Crippen LogP contribution in [0.3, 0.4) is 0 Å². The predicted octanol–water partition coefficient (Wildman–Crippen LogP) is 6.57. The molecule has 0 saturated carbocycles. The van der Waals surface area contributed by atoms with Crippen molar-refractivity contribution < 1.29 is 18.5 Å². The molecule has 0 bridgehead atoms. The van der Waals surface area contributed by atoms with Gasteiger partial charge in [0.05, 0.1) is 27.4 Å². The Bertz CT molecular complexity index is 1910. The van der Waals surface area contributed by atoms with E-state index < -0.39 is 11.8 Å². The van der Waals surface area contributed by atoms with Gasteiger partial charge in [-0.2, -0.15) is 4.98 Å². The lowest BCUT2D eigenvalue weighted by Crippen LogP contribution is -2.20. The monoisotopic (exact) mass is 623 g/mol. The van der Waals surface area contributed by atoms with Crippen LogP contribution in [0.5, 0.6) is 0 Å². The van der Waals surface area contributed by atoms with Crippen molar-refractivity contribution in [2.75, 3.05) is 0 Å². The first kappa shape index (κ1) is 30.3. The van der Waals surface area contributed by atoms with Crippen LogP contribution in [0, 0.1) is 18.7 Å². The Labute approximate surface area is 264 Å². The van der Waals surface area contributed by atoms with Gasteiger partial charge in [0.1, 0.15) is 5.82 Å². The normalized spacial score (nSPS) is 14.2. The number of carbonyl (C=O) groups excluding carboxylic acids is 2. The number of amides is 2. The van der Waals surface area contributed by atoms with E-state index in [4.69, 9.17) is 21.0 Å². The molecule has 1 aliphatic carbocycles. The zero-order chi connectivity index (χ0) is 31.8. The van der Waals surface area contributed by atoms with E-state index in [1.807, 2.05) is 32.0 Å². The van der Waals surface area contributed by atoms with E-state index in [0.717, 1.165) is 24.0 Å². The number of hydrogen-bond acceptors (Lipinski definition) is 7. The molecule has 3 aromatic heterocycles. The summed E-state index contributed by atoms with van der Waals surface area (Å²) in [6.45, 7) is 5.81. The summed E-state index contributed by atoms with van der Waals surface area (Å²) >= 11 is 1.24. The lowest BCUT2D eigenvalue weighted by atomic mass is 9.89. The number of thiophene rings is 1. The first-order valence-electron chi connectivity index (χ1n) is 15.0. The number of rotatable bonds is 10. The second-order valence-electron chi connectivity index (χ2n) is 11.9. The molecule has 230 valence electrons. The van der Waals surface area contributed by atoms with Crippen LogP contribution in [-0.4, -0.2) is 26.9 Å². The van der Waals surface area contributed by atoms with Crippen LogP contribution < -0.4 is 11.5 Å². The second kappa shape index (κ2) is 12.4. The number of benzene rings is 2. The van der Waals surface area contributed by atoms with Gasteiger partial charge in [-0.25, -0.2) is 4.39 Å². The van der Waals surface area contributed by atoms with Crippen molar-refractivity contribution >= 4 is 23.2 Å². The van der Waals surface area contributed by atoms with Gasteiger partial charge in [0.2, 0.25) is 0 Å². The SMILES string of the molecule is Cc1noc(-c2c(CCc3ccc(F)cc3)nc(CC(C)C)c(C(N)=O)c2-c2cc([C@@H]3CCc4ccccc43)c(C(N)=O)s2)n1. The summed E-state index contributed by atoms with van der Waals surface area (Å²) in [5.74, 6) is -0.722. The fraction of sp³-hybridized carbons (Fsp3) is 0.286. The smallest absolute Gasteiger partial charge is 0.260 e. The Morgan fingerprint density at radius 1 is 0.978 bits per heavy atom. The third kappa shape index (κ3) is 6.02. The van der Waals surface area contributed by atoms with Crippen LogP contribution in [0.4, 0.5) is 4.39 Å². The molecule has 8 nitrogen and oxygen atoms in total. The van der Waals surface area contributed by atoms with Crippen LogP contribution in [0.1, 0.15) is 85.7 Å². The summed E-state index contributed by atoms with van der Waals surface area (Å²) in [6, 6.07) is 16.5. The number of pyridine rings is 1. The van der Waals surface area contributed by atoms with Crippen molar-refractivity contribution in [3.63, 3.8) is 0 Å². The molecule has 45 heavy (non-hydrogen) atoms. The lowest BCUT2D eigenvalue weighted by Gasteiger charge is -2.19. The highest BCUT2D eigenvalue weighted by Crippen LogP contribution is 2.47. The summed E-state index contributed by atoms with van der Waals surface area (Å²) in [6.07, 6.45) is 3.22. The fourth-order valence-electron chi connectivity index (χ4n) is 6.32. The number of carbonyl (C=O) groups is 2. The van der Waals surface area contributed by atoms with E-state index in [0.29, 0.717) is 57.4 Å². The van der Waals surface area contributed by atoms with Gasteiger partial charge in [-0.3, -0.25) is 14.6 Å². The number of nitrogens with two attached hydrogens (primary N) is 2. The van der Waals surface area contributed by atoms with Crippen molar-refractivity contribution in [3.8, 4) is 21.9 Å². The van der Waals surface area contributed by atoms with E-state index in [1.165, 1.54) is 34.6 Å². The number of primary amides is 2. The summed E-state index contributed by atoms with van der Waals surface area (Å²) in [5.41, 5.74) is 18.8. The Kier molecular flexibility index (Phi) is 8.33. The minimum Gasteiger partial charge on any atom is -0.366 e. The first-order valence-corrected chi connectivity index (χ1v) is 15.8. The Morgan fingerprint density at radius 2 is 1.73 bits per heavy atom. The molecule has 3 heterocycles. The van der Waals surface area contributed by atoms with Crippen LogP contribution in [-0.2, 0) is 25.7 Å². The molecule has 5 aromatic rings. The van der Waals surface area contributed by atoms with Gasteiger partial charge in [0.25, 0.3) is 17.7 Å². The highest BCUT2D eigenvalue weighted by molar-refractivity contribution is 7.17. The number of aryl methyl sites for hydroxylation is 4. The van der Waals surface area contributed by atoms with Crippen molar-refractivity contribution in [3.05, 3.63) is 110 Å². The summed E-state index contributed by atoms with van der Waals surface area (Å²) in [7, 11) is 0. The molecule has 0 radical (unpaired) electrons. The maximum Gasteiger partial charge on any atom is 0.260 e. The topological polar surface area (TPSA) is 138 Å². The van der Waals surface area contributed by atoms with Crippen LogP contribution >= 0.6 is 11.3 Å². The molecule has 2 amide bonds. The molecule has 0 spiro atoms. The molecular formula is C35H34FN5O3S. The van der Waals surface area contributed by atoms with Gasteiger partial charge in [-0.05, 0) is 85.4 Å². The Morgan fingerprint density at radius 3 is 2.40 bits per heavy atom. The second-order valence-corrected chi connectivity index (χ2v) is 13.0. The van der Waals surface area contributed by atoms with E-state index in [1.54, 1.807) is 19.1 Å². The van der Waals surface area contributed by atoms with E-state index in [2.05, 4.69) is 22.3 Å². The standard InChI is InChI=1S/C35H34FN5O3S/c1-18(2)16-27-29(33(37)42)31(28-17-25(32(45-28)34(38)43)24-14-11-21-6-4-5-7-23(21)24)30(35-39-19(3)41-44-35)26(40-27)15-10-20-8-12-22(36)13-9-20/h4-9,12-13,17-18,24H,10-11,14-16H2,1-3H3,(H2,37,42)(H2,38,43)/t24-/m1/s1. The Hall–Kier alpha value is -4.70. The molecule has 6 rings (SSSR count). The summed E-state index contributed by atoms with van der Waals surface area (Å²) in [5, 5.41) is 4.04. The number of fused-ring (bicyclic) bond motifs is 1. The van der Waals surface area contributed by atoms with E-state index >= 15 is 0 Å². The van der Waals surface area contributed by atoms with Gasteiger partial charge < -0.3 is 16.0 Å². The van der Waals surface area contributed by atoms with Crippen LogP contribution in [0.15, 0.2) is 59.1 Å². The maximum atomic E-state index is 13.6. The van der Waals surface area contributed by atoms with Crippen molar-refractivity contribution in [2.24, 2.45) is 17.4 Å². The van der Waals surface area contributed by atoms with Gasteiger partial charge >= 0.3 is 0 Å². The van der Waals surface area contributed by atoms with Crippen molar-refractivity contribution in [1.29, 1.82) is 0 Å². The summed E-state index contributed by atoms with van der Waals surface area (Å²) in [4.78, 5) is 36.9. The van der Waals surface area contributed by atoms with Gasteiger partial charge in [0.15, 0.2) is 5.82 Å². The minimum atomic E-state index is -0.641. The number of aromatic nitrogens is 3. The third-order valence-corrected chi connectivity index (χ3v) is 9.42. The number of hydrogen-bond donors (Lipinski definition) is 2. The molecule has 10 heteroatoms. The molecule has 1 atom stereocenters.